The normalized spacial score (nSPS) is 23.9. The molecule has 3 atom stereocenters. The van der Waals surface area contributed by atoms with Crippen LogP contribution >= 0.6 is 11.6 Å². The average molecular weight is 363 g/mol. The van der Waals surface area contributed by atoms with Gasteiger partial charge >= 0.3 is 0 Å². The Morgan fingerprint density at radius 2 is 1.60 bits per heavy atom. The fraction of sp³-hybridized carbons (Fsp3) is 0.500. The summed E-state index contributed by atoms with van der Waals surface area (Å²) in [6.45, 7) is 2.74. The SMILES string of the molecule is CC1C2CCC1c1c2c(OCCO)c2cccc(Cl)c2c1OCCO. The number of hydrogen-bond acceptors (Lipinski definition) is 4. The molecule has 25 heavy (non-hydrogen) atoms. The van der Waals surface area contributed by atoms with Gasteiger partial charge in [-0.3, -0.25) is 0 Å². The highest BCUT2D eigenvalue weighted by atomic mass is 35.5. The fourth-order valence-corrected chi connectivity index (χ4v) is 5.05. The third-order valence-corrected chi connectivity index (χ3v) is 6.05. The van der Waals surface area contributed by atoms with E-state index < -0.39 is 0 Å². The van der Waals surface area contributed by atoms with Crippen LogP contribution in [0.4, 0.5) is 0 Å². The Hall–Kier alpha value is -1.49. The summed E-state index contributed by atoms with van der Waals surface area (Å²) in [7, 11) is 0. The third-order valence-electron chi connectivity index (χ3n) is 5.74. The summed E-state index contributed by atoms with van der Waals surface area (Å²) >= 11 is 6.54. The van der Waals surface area contributed by atoms with Crippen molar-refractivity contribution in [2.45, 2.75) is 31.6 Å². The number of aliphatic hydroxyl groups excluding tert-OH is 2. The maximum Gasteiger partial charge on any atom is 0.132 e. The maximum absolute atomic E-state index is 9.26. The second kappa shape index (κ2) is 6.67. The molecule has 4 nitrogen and oxygen atoms in total. The predicted molar refractivity (Wildman–Crippen MR) is 98.0 cm³/mol. The van der Waals surface area contributed by atoms with E-state index in [1.165, 1.54) is 11.1 Å². The Kier molecular flexibility index (Phi) is 4.52. The molecular formula is C20H23ClO4. The van der Waals surface area contributed by atoms with Crippen LogP contribution in [0.2, 0.25) is 5.02 Å². The van der Waals surface area contributed by atoms with E-state index in [9.17, 15) is 10.2 Å². The molecule has 0 aliphatic heterocycles. The van der Waals surface area contributed by atoms with Crippen LogP contribution in [0.1, 0.15) is 42.7 Å². The lowest BCUT2D eigenvalue weighted by atomic mass is 9.87. The zero-order valence-corrected chi connectivity index (χ0v) is 15.1. The number of hydrogen-bond donors (Lipinski definition) is 2. The second-order valence-electron chi connectivity index (χ2n) is 6.94. The van der Waals surface area contributed by atoms with E-state index in [1.54, 1.807) is 0 Å². The van der Waals surface area contributed by atoms with E-state index in [1.807, 2.05) is 18.2 Å². The van der Waals surface area contributed by atoms with Crippen molar-refractivity contribution in [1.82, 2.24) is 0 Å². The molecule has 2 aromatic carbocycles. The van der Waals surface area contributed by atoms with Crippen LogP contribution in [0.3, 0.4) is 0 Å². The summed E-state index contributed by atoms with van der Waals surface area (Å²) in [5.74, 6) is 3.08. The minimum Gasteiger partial charge on any atom is -0.490 e. The number of aliphatic hydroxyl groups is 2. The van der Waals surface area contributed by atoms with Gasteiger partial charge in [-0.05, 0) is 36.7 Å². The van der Waals surface area contributed by atoms with Gasteiger partial charge in [-0.15, -0.1) is 0 Å². The molecule has 1 saturated carbocycles. The largest absolute Gasteiger partial charge is 0.490 e. The summed E-state index contributed by atoms with van der Waals surface area (Å²) in [5.41, 5.74) is 2.42. The molecule has 4 rings (SSSR count). The molecule has 2 N–H and O–H groups in total. The molecule has 3 unspecified atom stereocenters. The van der Waals surface area contributed by atoms with Crippen LogP contribution in [0.25, 0.3) is 10.8 Å². The second-order valence-corrected chi connectivity index (χ2v) is 7.35. The number of rotatable bonds is 6. The standard InChI is InChI=1S/C20H23ClO4/c1-11-12-5-6-13(11)18-17(12)19(24-9-7-22)14-3-2-4-15(21)16(14)20(18)25-10-8-23/h2-4,11-13,22-23H,5-10H2,1H3. The van der Waals surface area contributed by atoms with E-state index in [0.29, 0.717) is 22.8 Å². The summed E-state index contributed by atoms with van der Waals surface area (Å²) in [6.07, 6.45) is 2.30. The molecule has 2 bridgehead atoms. The van der Waals surface area contributed by atoms with Gasteiger partial charge in [-0.1, -0.05) is 30.7 Å². The van der Waals surface area contributed by atoms with Crippen molar-refractivity contribution in [2.24, 2.45) is 5.92 Å². The smallest absolute Gasteiger partial charge is 0.132 e. The van der Waals surface area contributed by atoms with E-state index in [4.69, 9.17) is 21.1 Å². The first-order chi connectivity index (χ1) is 12.2. The lowest BCUT2D eigenvalue weighted by Gasteiger charge is -2.25. The van der Waals surface area contributed by atoms with Gasteiger partial charge in [0.2, 0.25) is 0 Å². The van der Waals surface area contributed by atoms with Crippen LogP contribution in [0.5, 0.6) is 11.5 Å². The monoisotopic (exact) mass is 362 g/mol. The van der Waals surface area contributed by atoms with E-state index in [-0.39, 0.29) is 26.4 Å². The Morgan fingerprint density at radius 1 is 1.00 bits per heavy atom. The molecule has 0 saturated heterocycles. The molecule has 0 aromatic heterocycles. The predicted octanol–water partition coefficient (Wildman–Crippen LogP) is 3.85. The van der Waals surface area contributed by atoms with Gasteiger partial charge in [0, 0.05) is 21.9 Å². The van der Waals surface area contributed by atoms with Crippen LogP contribution in [-0.2, 0) is 0 Å². The molecule has 2 aliphatic rings. The zero-order valence-electron chi connectivity index (χ0n) is 14.3. The first kappa shape index (κ1) is 17.0. The lowest BCUT2D eigenvalue weighted by molar-refractivity contribution is 0.198. The van der Waals surface area contributed by atoms with Crippen LogP contribution < -0.4 is 9.47 Å². The molecule has 134 valence electrons. The molecular weight excluding hydrogens is 340 g/mol. The summed E-state index contributed by atoms with van der Waals surface area (Å²) < 4.78 is 12.0. The Morgan fingerprint density at radius 3 is 2.24 bits per heavy atom. The van der Waals surface area contributed by atoms with E-state index >= 15 is 0 Å². The van der Waals surface area contributed by atoms with Gasteiger partial charge in [0.05, 0.1) is 18.2 Å². The van der Waals surface area contributed by atoms with Gasteiger partial charge < -0.3 is 19.7 Å². The van der Waals surface area contributed by atoms with Crippen LogP contribution in [-0.4, -0.2) is 36.6 Å². The summed E-state index contributed by atoms with van der Waals surface area (Å²) in [5, 5.41) is 20.9. The van der Waals surface area contributed by atoms with Crippen molar-refractivity contribution in [3.63, 3.8) is 0 Å². The number of halogens is 1. The van der Waals surface area contributed by atoms with Crippen molar-refractivity contribution in [2.75, 3.05) is 26.4 Å². The zero-order chi connectivity index (χ0) is 17.6. The summed E-state index contributed by atoms with van der Waals surface area (Å²) in [4.78, 5) is 0. The van der Waals surface area contributed by atoms with Gasteiger partial charge in [0.1, 0.15) is 24.7 Å². The Labute approximate surface area is 152 Å². The quantitative estimate of drug-likeness (QED) is 0.819. The molecule has 2 aliphatic carbocycles. The van der Waals surface area contributed by atoms with Crippen molar-refractivity contribution in [3.8, 4) is 11.5 Å². The van der Waals surface area contributed by atoms with Gasteiger partial charge in [-0.2, -0.15) is 0 Å². The van der Waals surface area contributed by atoms with Crippen molar-refractivity contribution < 1.29 is 19.7 Å². The van der Waals surface area contributed by atoms with Crippen molar-refractivity contribution >= 4 is 22.4 Å². The molecule has 0 heterocycles. The highest BCUT2D eigenvalue weighted by Crippen LogP contribution is 2.64. The molecule has 0 spiro atoms. The summed E-state index contributed by atoms with van der Waals surface area (Å²) in [6, 6.07) is 5.76. The minimum absolute atomic E-state index is 0.0246. The van der Waals surface area contributed by atoms with Gasteiger partial charge in [0.25, 0.3) is 0 Å². The molecule has 2 aromatic rings. The topological polar surface area (TPSA) is 58.9 Å². The first-order valence-corrected chi connectivity index (χ1v) is 9.32. The number of fused-ring (bicyclic) bond motifs is 6. The maximum atomic E-state index is 9.26. The van der Waals surface area contributed by atoms with Gasteiger partial charge in [-0.25, -0.2) is 0 Å². The molecule has 5 heteroatoms. The molecule has 1 fully saturated rings. The van der Waals surface area contributed by atoms with Crippen LogP contribution in [0, 0.1) is 5.92 Å². The van der Waals surface area contributed by atoms with Crippen molar-refractivity contribution in [3.05, 3.63) is 34.3 Å². The highest BCUT2D eigenvalue weighted by Gasteiger charge is 2.48. The molecule has 0 radical (unpaired) electrons. The van der Waals surface area contributed by atoms with Crippen LogP contribution in [0.15, 0.2) is 18.2 Å². The Bertz CT molecular complexity index is 804. The third kappa shape index (κ3) is 2.50. The van der Waals surface area contributed by atoms with E-state index in [0.717, 1.165) is 35.1 Å². The lowest BCUT2D eigenvalue weighted by Crippen LogP contribution is -2.11. The molecule has 0 amide bonds. The van der Waals surface area contributed by atoms with Crippen molar-refractivity contribution in [1.29, 1.82) is 0 Å². The average Bonchev–Trinajstić information content (AvgIpc) is 3.11. The first-order valence-electron chi connectivity index (χ1n) is 8.94. The highest BCUT2D eigenvalue weighted by molar-refractivity contribution is 6.36. The van der Waals surface area contributed by atoms with E-state index in [2.05, 4.69) is 6.92 Å². The fourth-order valence-electron chi connectivity index (χ4n) is 4.79. The number of ether oxygens (including phenoxy) is 2. The number of benzene rings is 2. The Balaban J connectivity index is 2.03. The minimum atomic E-state index is -0.0346. The van der Waals surface area contributed by atoms with Gasteiger partial charge in [0.15, 0.2) is 0 Å².